The van der Waals surface area contributed by atoms with E-state index >= 15 is 0 Å². The molecule has 5 aromatic rings. The van der Waals surface area contributed by atoms with Gasteiger partial charge in [-0.05, 0) is 67.1 Å². The van der Waals surface area contributed by atoms with E-state index in [0.29, 0.717) is 24.8 Å². The topological polar surface area (TPSA) is 71.0 Å². The van der Waals surface area contributed by atoms with Crippen LogP contribution < -0.4 is 5.32 Å². The van der Waals surface area contributed by atoms with Crippen LogP contribution in [0.3, 0.4) is 0 Å². The average molecular weight is 520 g/mol. The van der Waals surface area contributed by atoms with Gasteiger partial charge in [0.2, 0.25) is 0 Å². The van der Waals surface area contributed by atoms with Gasteiger partial charge in [0.05, 0.1) is 10.5 Å². The minimum atomic E-state index is 0.0226. The minimum absolute atomic E-state index is 0.0226. The molecule has 0 spiro atoms. The Hall–Kier alpha value is -4.10. The van der Waals surface area contributed by atoms with Crippen molar-refractivity contribution in [1.29, 1.82) is 0 Å². The van der Waals surface area contributed by atoms with Crippen LogP contribution in [0.2, 0.25) is 0 Å². The zero-order chi connectivity index (χ0) is 26.1. The Morgan fingerprint density at radius 3 is 2.58 bits per heavy atom. The zero-order valence-electron chi connectivity index (χ0n) is 21.5. The molecular weight excluding hydrogens is 490 g/mol. The van der Waals surface area contributed by atoms with Crippen LogP contribution in [-0.2, 0) is 13.1 Å². The summed E-state index contributed by atoms with van der Waals surface area (Å²) >= 11 is 1.52. The zero-order valence-corrected chi connectivity index (χ0v) is 22.3. The van der Waals surface area contributed by atoms with Crippen LogP contribution >= 0.6 is 11.3 Å². The van der Waals surface area contributed by atoms with Crippen LogP contribution in [0.25, 0.3) is 22.0 Å². The largest absolute Gasteiger partial charge is 0.365 e. The third kappa shape index (κ3) is 5.29. The Morgan fingerprint density at radius 1 is 0.974 bits per heavy atom. The predicted molar refractivity (Wildman–Crippen MR) is 153 cm³/mol. The van der Waals surface area contributed by atoms with Gasteiger partial charge in [0.1, 0.15) is 17.8 Å². The molecule has 2 heterocycles. The molecule has 3 aromatic carbocycles. The number of carbonyl (C=O) groups excluding carboxylic acids is 1. The lowest BCUT2D eigenvalue weighted by atomic mass is 10.0. The molecule has 0 atom stereocenters. The number of hydrogen-bond donors (Lipinski definition) is 1. The van der Waals surface area contributed by atoms with E-state index in [1.165, 1.54) is 22.5 Å². The summed E-state index contributed by atoms with van der Waals surface area (Å²) in [5.74, 6) is 0.841. The quantitative estimate of drug-likeness (QED) is 0.244. The number of hydrogen-bond acceptors (Lipinski definition) is 6. The van der Waals surface area contributed by atoms with Crippen molar-refractivity contribution in [2.24, 2.45) is 0 Å². The number of aromatic nitrogens is 3. The second-order valence-electron chi connectivity index (χ2n) is 9.91. The van der Waals surface area contributed by atoms with Gasteiger partial charge in [0.25, 0.3) is 5.91 Å². The number of aryl methyl sites for hydroxylation is 2. The smallest absolute Gasteiger partial charge is 0.273 e. The molecule has 1 aliphatic rings. The number of nitrogens with one attached hydrogen (secondary N) is 1. The molecule has 7 heteroatoms. The van der Waals surface area contributed by atoms with E-state index in [1.807, 2.05) is 23.3 Å². The molecule has 1 fully saturated rings. The fourth-order valence-electron chi connectivity index (χ4n) is 4.79. The minimum Gasteiger partial charge on any atom is -0.365 e. The van der Waals surface area contributed by atoms with Crippen LogP contribution in [0.4, 0.5) is 5.82 Å². The van der Waals surface area contributed by atoms with E-state index in [9.17, 15) is 4.79 Å². The Labute approximate surface area is 226 Å². The Kier molecular flexibility index (Phi) is 6.60. The highest BCUT2D eigenvalue weighted by atomic mass is 32.1. The van der Waals surface area contributed by atoms with Crippen molar-refractivity contribution in [2.75, 3.05) is 5.32 Å². The summed E-state index contributed by atoms with van der Waals surface area (Å²) in [6.07, 6.45) is 3.71. The highest BCUT2D eigenvalue weighted by Crippen LogP contribution is 2.32. The molecule has 0 unspecified atom stereocenters. The number of benzene rings is 3. The van der Waals surface area contributed by atoms with Crippen molar-refractivity contribution >= 4 is 34.0 Å². The Bertz CT molecular complexity index is 1620. The average Bonchev–Trinajstić information content (AvgIpc) is 3.69. The first-order chi connectivity index (χ1) is 18.5. The van der Waals surface area contributed by atoms with Crippen molar-refractivity contribution in [2.45, 2.75) is 45.8 Å². The van der Waals surface area contributed by atoms with Gasteiger partial charge >= 0.3 is 0 Å². The predicted octanol–water partition coefficient (Wildman–Crippen LogP) is 6.79. The number of nitrogens with zero attached hydrogens (tertiary/aromatic N) is 4. The lowest BCUT2D eigenvalue weighted by molar-refractivity contribution is 0.0724. The molecule has 38 heavy (non-hydrogen) atoms. The van der Waals surface area contributed by atoms with E-state index in [0.717, 1.165) is 51.3 Å². The van der Waals surface area contributed by atoms with E-state index in [1.54, 1.807) is 6.33 Å². The molecule has 2 aromatic heterocycles. The van der Waals surface area contributed by atoms with Crippen LogP contribution in [-0.4, -0.2) is 31.8 Å². The van der Waals surface area contributed by atoms with Crippen LogP contribution in [0.15, 0.2) is 78.4 Å². The second-order valence-corrected chi connectivity index (χ2v) is 11.0. The standard InChI is InChI=1S/C31H29N5OS/c1-20-5-3-6-22(13-20)16-32-30-27-15-25(9-12-28(27)33-19-34-30)24-8-4-7-23(14-24)17-36(26-10-11-26)31(37)29-18-38-21(2)35-29/h3-9,12-15,18-19,26H,10-11,16-17H2,1-2H3,(H,32,33,34). The van der Waals surface area contributed by atoms with Gasteiger partial charge in [0.15, 0.2) is 0 Å². The van der Waals surface area contributed by atoms with Gasteiger partial charge in [0, 0.05) is 29.9 Å². The molecule has 1 N–H and O–H groups in total. The van der Waals surface area contributed by atoms with Gasteiger partial charge in [-0.1, -0.05) is 54.1 Å². The van der Waals surface area contributed by atoms with Crippen LogP contribution in [0.5, 0.6) is 0 Å². The highest BCUT2D eigenvalue weighted by molar-refractivity contribution is 7.09. The first kappa shape index (κ1) is 24.2. The molecule has 1 aliphatic carbocycles. The summed E-state index contributed by atoms with van der Waals surface area (Å²) in [5, 5.41) is 7.26. The summed E-state index contributed by atoms with van der Waals surface area (Å²) in [4.78, 5) is 28.6. The molecule has 0 bridgehead atoms. The summed E-state index contributed by atoms with van der Waals surface area (Å²) in [7, 11) is 0. The fraction of sp³-hybridized carbons (Fsp3) is 0.226. The van der Waals surface area contributed by atoms with Crippen molar-refractivity contribution in [1.82, 2.24) is 19.9 Å². The van der Waals surface area contributed by atoms with Gasteiger partial charge in [-0.25, -0.2) is 15.0 Å². The number of anilines is 1. The number of carbonyl (C=O) groups is 1. The van der Waals surface area contributed by atoms with E-state index in [2.05, 4.69) is 87.9 Å². The van der Waals surface area contributed by atoms with Crippen molar-refractivity contribution < 1.29 is 4.79 Å². The molecule has 0 aliphatic heterocycles. The van der Waals surface area contributed by atoms with E-state index in [4.69, 9.17) is 0 Å². The molecular formula is C31H29N5OS. The fourth-order valence-corrected chi connectivity index (χ4v) is 5.38. The van der Waals surface area contributed by atoms with Crippen molar-refractivity contribution in [3.63, 3.8) is 0 Å². The maximum Gasteiger partial charge on any atom is 0.273 e. The number of rotatable bonds is 8. The molecule has 0 saturated heterocycles. The van der Waals surface area contributed by atoms with Crippen molar-refractivity contribution in [3.8, 4) is 11.1 Å². The summed E-state index contributed by atoms with van der Waals surface area (Å²) in [6.45, 7) is 5.30. The van der Waals surface area contributed by atoms with E-state index in [-0.39, 0.29) is 5.91 Å². The lowest BCUT2D eigenvalue weighted by Crippen LogP contribution is -2.32. The summed E-state index contributed by atoms with van der Waals surface area (Å²) in [5.41, 5.74) is 7.20. The first-order valence-electron chi connectivity index (χ1n) is 12.9. The lowest BCUT2D eigenvalue weighted by Gasteiger charge is -2.22. The number of fused-ring (bicyclic) bond motifs is 1. The summed E-state index contributed by atoms with van der Waals surface area (Å²) in [6, 6.07) is 23.5. The third-order valence-corrected chi connectivity index (χ3v) is 7.65. The maximum absolute atomic E-state index is 13.2. The normalized spacial score (nSPS) is 13.0. The Balaban J connectivity index is 1.26. The monoisotopic (exact) mass is 519 g/mol. The van der Waals surface area contributed by atoms with Crippen molar-refractivity contribution in [3.05, 3.63) is 106 Å². The second kappa shape index (κ2) is 10.3. The maximum atomic E-state index is 13.2. The molecule has 1 saturated carbocycles. The number of amides is 1. The SMILES string of the molecule is Cc1cccc(CNc2ncnc3ccc(-c4cccc(CN(C(=O)c5csc(C)n5)C5CC5)c4)cc23)c1. The first-order valence-corrected chi connectivity index (χ1v) is 13.8. The summed E-state index contributed by atoms with van der Waals surface area (Å²) < 4.78 is 0. The molecule has 6 rings (SSSR count). The van der Waals surface area contributed by atoms with Gasteiger partial charge < -0.3 is 10.2 Å². The van der Waals surface area contributed by atoms with Crippen LogP contribution in [0, 0.1) is 13.8 Å². The van der Waals surface area contributed by atoms with E-state index < -0.39 is 0 Å². The van der Waals surface area contributed by atoms with Gasteiger partial charge in [-0.3, -0.25) is 4.79 Å². The molecule has 6 nitrogen and oxygen atoms in total. The molecule has 0 radical (unpaired) electrons. The Morgan fingerprint density at radius 2 is 1.79 bits per heavy atom. The number of thiazole rings is 1. The third-order valence-electron chi connectivity index (χ3n) is 6.88. The highest BCUT2D eigenvalue weighted by Gasteiger charge is 2.34. The van der Waals surface area contributed by atoms with Gasteiger partial charge in [-0.2, -0.15) is 0 Å². The molecule has 190 valence electrons. The van der Waals surface area contributed by atoms with Gasteiger partial charge in [-0.15, -0.1) is 11.3 Å². The molecule has 1 amide bonds. The van der Waals surface area contributed by atoms with Crippen LogP contribution in [0.1, 0.15) is 45.0 Å².